The van der Waals surface area contributed by atoms with E-state index in [0.717, 1.165) is 12.0 Å². The number of aromatic amines is 1. The number of carbonyl (C=O) groups excluding carboxylic acids is 2. The van der Waals surface area contributed by atoms with E-state index in [1.807, 2.05) is 0 Å². The molecule has 0 saturated carbocycles. The number of amides is 1. The van der Waals surface area contributed by atoms with E-state index in [1.165, 1.54) is 0 Å². The minimum atomic E-state index is -0.230. The Morgan fingerprint density at radius 3 is 2.59 bits per heavy atom. The molecule has 0 saturated heterocycles. The summed E-state index contributed by atoms with van der Waals surface area (Å²) in [6.07, 6.45) is 2.36. The summed E-state index contributed by atoms with van der Waals surface area (Å²) in [4.78, 5) is 22.3. The van der Waals surface area contributed by atoms with Crippen molar-refractivity contribution in [2.45, 2.75) is 6.92 Å². The molecule has 0 aliphatic heterocycles. The molecule has 0 spiro atoms. The van der Waals surface area contributed by atoms with Crippen molar-refractivity contribution < 1.29 is 9.59 Å². The van der Waals surface area contributed by atoms with Crippen LogP contribution in [-0.4, -0.2) is 22.4 Å². The predicted molar refractivity (Wildman–Crippen MR) is 63.1 cm³/mol. The zero-order chi connectivity index (χ0) is 12.3. The van der Waals surface area contributed by atoms with Crippen LogP contribution in [0.25, 0.3) is 0 Å². The highest BCUT2D eigenvalue weighted by molar-refractivity contribution is 6.04. The lowest BCUT2D eigenvalue weighted by Gasteiger charge is -2.03. The molecular weight excluding hydrogens is 218 g/mol. The second kappa shape index (κ2) is 4.61. The summed E-state index contributed by atoms with van der Waals surface area (Å²) < 4.78 is 0. The van der Waals surface area contributed by atoms with Gasteiger partial charge in [-0.1, -0.05) is 12.1 Å². The van der Waals surface area contributed by atoms with Crippen molar-refractivity contribution in [3.8, 4) is 0 Å². The Morgan fingerprint density at radius 1 is 1.35 bits per heavy atom. The Kier molecular flexibility index (Phi) is 3.00. The van der Waals surface area contributed by atoms with Crippen LogP contribution in [0.15, 0.2) is 30.5 Å². The fourth-order valence-corrected chi connectivity index (χ4v) is 1.39. The van der Waals surface area contributed by atoms with Crippen LogP contribution in [0.1, 0.15) is 26.4 Å². The number of nitrogens with zero attached hydrogens (tertiary/aromatic N) is 1. The van der Waals surface area contributed by atoms with Crippen LogP contribution in [0.5, 0.6) is 0 Å². The van der Waals surface area contributed by atoms with Gasteiger partial charge in [0, 0.05) is 17.3 Å². The summed E-state index contributed by atoms with van der Waals surface area (Å²) in [7, 11) is 0. The van der Waals surface area contributed by atoms with Gasteiger partial charge in [-0.25, -0.2) is 0 Å². The topological polar surface area (TPSA) is 74.8 Å². The van der Waals surface area contributed by atoms with Crippen LogP contribution in [0.2, 0.25) is 0 Å². The lowest BCUT2D eigenvalue weighted by atomic mass is 10.1. The Morgan fingerprint density at radius 2 is 2.06 bits per heavy atom. The number of hydrogen-bond donors (Lipinski definition) is 2. The first kappa shape index (κ1) is 11.1. The minimum Gasteiger partial charge on any atom is -0.319 e. The molecule has 1 amide bonds. The van der Waals surface area contributed by atoms with Crippen molar-refractivity contribution in [1.29, 1.82) is 0 Å². The number of aromatic nitrogens is 2. The standard InChI is InChI=1S/C12H11N3O2/c1-8-11(6-13-15-8)14-12(17)10-4-2-9(7-16)3-5-10/h2-7H,1H3,(H,13,15)(H,14,17). The highest BCUT2D eigenvalue weighted by Crippen LogP contribution is 2.12. The van der Waals surface area contributed by atoms with Crippen LogP contribution in [0.3, 0.4) is 0 Å². The van der Waals surface area contributed by atoms with E-state index in [1.54, 1.807) is 37.4 Å². The van der Waals surface area contributed by atoms with Gasteiger partial charge >= 0.3 is 0 Å². The lowest BCUT2D eigenvalue weighted by Crippen LogP contribution is -2.12. The number of H-pyrrole nitrogens is 1. The zero-order valence-electron chi connectivity index (χ0n) is 9.23. The molecule has 0 bridgehead atoms. The van der Waals surface area contributed by atoms with Crippen molar-refractivity contribution in [2.75, 3.05) is 5.32 Å². The fraction of sp³-hybridized carbons (Fsp3) is 0.0833. The summed E-state index contributed by atoms with van der Waals surface area (Å²) in [6, 6.07) is 6.41. The fourth-order valence-electron chi connectivity index (χ4n) is 1.39. The molecule has 17 heavy (non-hydrogen) atoms. The third-order valence-electron chi connectivity index (χ3n) is 2.39. The van der Waals surface area contributed by atoms with E-state index in [-0.39, 0.29) is 5.91 Å². The molecule has 5 nitrogen and oxygen atoms in total. The van der Waals surface area contributed by atoms with Gasteiger partial charge in [-0.15, -0.1) is 0 Å². The van der Waals surface area contributed by atoms with Crippen LogP contribution in [0, 0.1) is 6.92 Å². The highest BCUT2D eigenvalue weighted by atomic mass is 16.1. The van der Waals surface area contributed by atoms with Crippen LogP contribution >= 0.6 is 0 Å². The maximum absolute atomic E-state index is 11.8. The Hall–Kier alpha value is -2.43. The lowest BCUT2D eigenvalue weighted by molar-refractivity contribution is 0.102. The van der Waals surface area contributed by atoms with Crippen LogP contribution < -0.4 is 5.32 Å². The van der Waals surface area contributed by atoms with Gasteiger partial charge in [0.2, 0.25) is 0 Å². The molecule has 1 heterocycles. The number of rotatable bonds is 3. The van der Waals surface area contributed by atoms with E-state index >= 15 is 0 Å². The van der Waals surface area contributed by atoms with Gasteiger partial charge in [0.1, 0.15) is 6.29 Å². The van der Waals surface area contributed by atoms with E-state index in [0.29, 0.717) is 16.8 Å². The Balaban J connectivity index is 2.14. The average molecular weight is 229 g/mol. The molecular formula is C12H11N3O2. The molecule has 0 atom stereocenters. The first-order chi connectivity index (χ1) is 8.20. The third-order valence-corrected chi connectivity index (χ3v) is 2.39. The highest BCUT2D eigenvalue weighted by Gasteiger charge is 2.08. The summed E-state index contributed by atoms with van der Waals surface area (Å²) >= 11 is 0. The summed E-state index contributed by atoms with van der Waals surface area (Å²) in [5.41, 5.74) is 2.41. The van der Waals surface area contributed by atoms with Crippen LogP contribution in [-0.2, 0) is 0 Å². The molecule has 86 valence electrons. The summed E-state index contributed by atoms with van der Waals surface area (Å²) in [6.45, 7) is 1.79. The first-order valence-electron chi connectivity index (χ1n) is 5.07. The molecule has 2 rings (SSSR count). The number of aryl methyl sites for hydroxylation is 1. The second-order valence-corrected chi connectivity index (χ2v) is 3.58. The maximum Gasteiger partial charge on any atom is 0.255 e. The predicted octanol–water partition coefficient (Wildman–Crippen LogP) is 1.78. The number of nitrogens with one attached hydrogen (secondary N) is 2. The summed E-state index contributed by atoms with van der Waals surface area (Å²) in [5.74, 6) is -0.230. The molecule has 0 unspecified atom stereocenters. The molecule has 2 N–H and O–H groups in total. The molecule has 0 fully saturated rings. The van der Waals surface area contributed by atoms with Gasteiger partial charge in [0.05, 0.1) is 11.4 Å². The summed E-state index contributed by atoms with van der Waals surface area (Å²) in [5, 5.41) is 9.29. The molecule has 2 aromatic rings. The van der Waals surface area contributed by atoms with Crippen molar-refractivity contribution >= 4 is 17.9 Å². The van der Waals surface area contributed by atoms with Gasteiger partial charge in [-0.05, 0) is 19.1 Å². The minimum absolute atomic E-state index is 0.230. The first-order valence-corrected chi connectivity index (χ1v) is 5.07. The van der Waals surface area contributed by atoms with Crippen molar-refractivity contribution in [3.05, 3.63) is 47.3 Å². The normalized spacial score (nSPS) is 9.94. The van der Waals surface area contributed by atoms with Gasteiger partial charge in [-0.3, -0.25) is 14.7 Å². The van der Waals surface area contributed by atoms with Gasteiger partial charge in [-0.2, -0.15) is 5.10 Å². The van der Waals surface area contributed by atoms with Gasteiger partial charge in [0.25, 0.3) is 5.91 Å². The largest absolute Gasteiger partial charge is 0.319 e. The third kappa shape index (κ3) is 2.39. The second-order valence-electron chi connectivity index (χ2n) is 3.58. The number of carbonyl (C=O) groups is 2. The molecule has 1 aromatic carbocycles. The van der Waals surface area contributed by atoms with Crippen molar-refractivity contribution in [3.63, 3.8) is 0 Å². The van der Waals surface area contributed by atoms with Gasteiger partial charge < -0.3 is 5.32 Å². The Bertz CT molecular complexity index is 543. The molecule has 0 radical (unpaired) electrons. The number of benzene rings is 1. The monoisotopic (exact) mass is 229 g/mol. The molecule has 5 heteroatoms. The van der Waals surface area contributed by atoms with E-state index < -0.39 is 0 Å². The van der Waals surface area contributed by atoms with E-state index in [2.05, 4.69) is 15.5 Å². The van der Waals surface area contributed by atoms with Gasteiger partial charge in [0.15, 0.2) is 0 Å². The van der Waals surface area contributed by atoms with Crippen molar-refractivity contribution in [2.24, 2.45) is 0 Å². The average Bonchev–Trinajstić information content (AvgIpc) is 2.75. The molecule has 0 aliphatic rings. The molecule has 0 aliphatic carbocycles. The number of anilines is 1. The maximum atomic E-state index is 11.8. The van der Waals surface area contributed by atoms with Crippen LogP contribution in [0.4, 0.5) is 5.69 Å². The van der Waals surface area contributed by atoms with E-state index in [4.69, 9.17) is 0 Å². The Labute approximate surface area is 97.9 Å². The van der Waals surface area contributed by atoms with Crippen molar-refractivity contribution in [1.82, 2.24) is 10.2 Å². The zero-order valence-corrected chi connectivity index (χ0v) is 9.23. The number of hydrogen-bond acceptors (Lipinski definition) is 3. The number of aldehydes is 1. The van der Waals surface area contributed by atoms with E-state index in [9.17, 15) is 9.59 Å². The smallest absolute Gasteiger partial charge is 0.255 e. The SMILES string of the molecule is Cc1n[nH]cc1NC(=O)c1ccc(C=O)cc1. The molecule has 1 aromatic heterocycles. The quantitative estimate of drug-likeness (QED) is 0.788.